The Kier molecular flexibility index (Phi) is 2.94. The molecular weight excluding hydrogens is 298 g/mol. The molecule has 22 heavy (non-hydrogen) atoms. The number of thiazole rings is 1. The van der Waals surface area contributed by atoms with Gasteiger partial charge in [-0.2, -0.15) is 0 Å². The van der Waals surface area contributed by atoms with Gasteiger partial charge in [-0.25, -0.2) is 4.98 Å². The van der Waals surface area contributed by atoms with Crippen molar-refractivity contribution in [3.05, 3.63) is 58.8 Å². The summed E-state index contributed by atoms with van der Waals surface area (Å²) in [7, 11) is 1.58. The van der Waals surface area contributed by atoms with Crippen molar-refractivity contribution in [3.8, 4) is 16.5 Å². The van der Waals surface area contributed by atoms with Crippen LogP contribution in [0.25, 0.3) is 32.0 Å². The number of fused-ring (bicyclic) bond motifs is 2. The molecule has 0 spiro atoms. The fourth-order valence-corrected chi connectivity index (χ4v) is 3.26. The molecule has 4 nitrogen and oxygen atoms in total. The first-order valence-electron chi connectivity index (χ1n) is 6.72. The van der Waals surface area contributed by atoms with E-state index in [0.717, 1.165) is 10.2 Å². The number of hydrogen-bond donors (Lipinski definition) is 0. The fourth-order valence-electron chi connectivity index (χ4n) is 2.35. The molecular formula is C17H11NO3S. The van der Waals surface area contributed by atoms with E-state index < -0.39 is 0 Å². The third kappa shape index (κ3) is 2.07. The van der Waals surface area contributed by atoms with Crippen LogP contribution in [-0.2, 0) is 0 Å². The van der Waals surface area contributed by atoms with Crippen LogP contribution in [0.1, 0.15) is 0 Å². The van der Waals surface area contributed by atoms with Gasteiger partial charge in [0.2, 0.25) is 0 Å². The highest BCUT2D eigenvalue weighted by molar-refractivity contribution is 7.21. The number of rotatable bonds is 2. The van der Waals surface area contributed by atoms with Crippen molar-refractivity contribution in [1.82, 2.24) is 4.98 Å². The zero-order chi connectivity index (χ0) is 15.1. The van der Waals surface area contributed by atoms with Crippen LogP contribution in [-0.4, -0.2) is 12.1 Å². The number of methoxy groups -OCH3 is 1. The van der Waals surface area contributed by atoms with Crippen LogP contribution in [0.5, 0.6) is 5.75 Å². The molecule has 0 N–H and O–H groups in total. The van der Waals surface area contributed by atoms with Crippen molar-refractivity contribution in [2.24, 2.45) is 0 Å². The largest absolute Gasteiger partial charge is 0.497 e. The Morgan fingerprint density at radius 1 is 1.14 bits per heavy atom. The van der Waals surface area contributed by atoms with Gasteiger partial charge in [0.05, 0.1) is 22.7 Å². The molecule has 2 aromatic heterocycles. The third-order valence-electron chi connectivity index (χ3n) is 3.44. The quantitative estimate of drug-likeness (QED) is 0.560. The minimum Gasteiger partial charge on any atom is -0.497 e. The van der Waals surface area contributed by atoms with E-state index in [4.69, 9.17) is 9.15 Å². The maximum absolute atomic E-state index is 12.3. The van der Waals surface area contributed by atoms with Crippen molar-refractivity contribution < 1.29 is 9.15 Å². The molecule has 0 aliphatic heterocycles. The second kappa shape index (κ2) is 4.96. The molecule has 4 rings (SSSR count). The first-order chi connectivity index (χ1) is 10.7. The van der Waals surface area contributed by atoms with Gasteiger partial charge in [0.25, 0.3) is 0 Å². The Labute approximate surface area is 129 Å². The smallest absolute Gasteiger partial charge is 0.193 e. The molecule has 5 heteroatoms. The van der Waals surface area contributed by atoms with Gasteiger partial charge >= 0.3 is 0 Å². The van der Waals surface area contributed by atoms with Crippen LogP contribution in [0.15, 0.2) is 57.7 Å². The van der Waals surface area contributed by atoms with Crippen LogP contribution < -0.4 is 10.2 Å². The molecule has 0 fully saturated rings. The predicted molar refractivity (Wildman–Crippen MR) is 87.7 cm³/mol. The van der Waals surface area contributed by atoms with Crippen LogP contribution in [0.3, 0.4) is 0 Å². The number of para-hydroxylation sites is 1. The van der Waals surface area contributed by atoms with E-state index in [1.165, 1.54) is 17.4 Å². The molecule has 0 atom stereocenters. The minimum atomic E-state index is -0.0850. The summed E-state index contributed by atoms with van der Waals surface area (Å²) in [5, 5.41) is 1.23. The third-order valence-corrected chi connectivity index (χ3v) is 4.49. The van der Waals surface area contributed by atoms with E-state index >= 15 is 0 Å². The van der Waals surface area contributed by atoms with Gasteiger partial charge in [-0.3, -0.25) is 4.79 Å². The summed E-state index contributed by atoms with van der Waals surface area (Å²) >= 11 is 1.50. The van der Waals surface area contributed by atoms with Crippen LogP contribution >= 0.6 is 11.3 Å². The Hall–Kier alpha value is -2.66. The molecule has 0 bridgehead atoms. The van der Waals surface area contributed by atoms with Crippen molar-refractivity contribution in [2.75, 3.05) is 7.11 Å². The van der Waals surface area contributed by atoms with E-state index in [0.29, 0.717) is 27.5 Å². The molecule has 0 unspecified atom stereocenters. The normalized spacial score (nSPS) is 11.1. The number of nitrogens with zero attached hydrogens (tertiary/aromatic N) is 1. The zero-order valence-electron chi connectivity index (χ0n) is 11.7. The van der Waals surface area contributed by atoms with Gasteiger partial charge in [0.1, 0.15) is 11.3 Å². The number of benzene rings is 2. The van der Waals surface area contributed by atoms with Crippen molar-refractivity contribution in [2.45, 2.75) is 0 Å². The lowest BCUT2D eigenvalue weighted by atomic mass is 10.2. The fraction of sp³-hybridized carbons (Fsp3) is 0.0588. The maximum Gasteiger partial charge on any atom is 0.193 e. The second-order valence-electron chi connectivity index (χ2n) is 4.82. The van der Waals surface area contributed by atoms with E-state index in [9.17, 15) is 4.79 Å². The molecule has 0 aliphatic carbocycles. The monoisotopic (exact) mass is 309 g/mol. The first kappa shape index (κ1) is 13.0. The summed E-state index contributed by atoms with van der Waals surface area (Å²) in [5.74, 6) is 1.13. The van der Waals surface area contributed by atoms with Gasteiger partial charge in [0, 0.05) is 12.1 Å². The van der Waals surface area contributed by atoms with Gasteiger partial charge < -0.3 is 9.15 Å². The molecule has 108 valence electrons. The number of hydrogen-bond acceptors (Lipinski definition) is 5. The predicted octanol–water partition coefficient (Wildman–Crippen LogP) is 4.08. The summed E-state index contributed by atoms with van der Waals surface area (Å²) in [5.41, 5.74) is 1.31. The highest BCUT2D eigenvalue weighted by Crippen LogP contribution is 2.31. The summed E-state index contributed by atoms with van der Waals surface area (Å²) in [6, 6.07) is 14.5. The Balaban J connectivity index is 1.96. The topological polar surface area (TPSA) is 52.3 Å². The van der Waals surface area contributed by atoms with E-state index in [1.807, 2.05) is 24.3 Å². The van der Waals surface area contributed by atoms with Crippen molar-refractivity contribution >= 4 is 32.5 Å². The molecule has 0 saturated carbocycles. The summed E-state index contributed by atoms with van der Waals surface area (Å²) < 4.78 is 12.1. The van der Waals surface area contributed by atoms with E-state index in [1.54, 1.807) is 25.3 Å². The van der Waals surface area contributed by atoms with Crippen molar-refractivity contribution in [1.29, 1.82) is 0 Å². The average molecular weight is 309 g/mol. The zero-order valence-corrected chi connectivity index (χ0v) is 12.5. The molecule has 0 saturated heterocycles. The summed E-state index contributed by atoms with van der Waals surface area (Å²) in [4.78, 5) is 16.8. The molecule has 0 aliphatic rings. The van der Waals surface area contributed by atoms with E-state index in [-0.39, 0.29) is 5.43 Å². The van der Waals surface area contributed by atoms with Gasteiger partial charge in [-0.1, -0.05) is 12.1 Å². The lowest BCUT2D eigenvalue weighted by molar-refractivity contribution is 0.414. The van der Waals surface area contributed by atoms with Crippen LogP contribution in [0.2, 0.25) is 0 Å². The summed E-state index contributed by atoms with van der Waals surface area (Å²) in [6.07, 6.45) is 0. The lowest BCUT2D eigenvalue weighted by Crippen LogP contribution is -2.00. The molecule has 2 heterocycles. The SMILES string of the molecule is COc1ccc2c(=O)cc(-c3nc4ccccc4s3)oc2c1. The molecule has 2 aromatic carbocycles. The van der Waals surface area contributed by atoms with Crippen molar-refractivity contribution in [3.63, 3.8) is 0 Å². The Morgan fingerprint density at radius 2 is 2.00 bits per heavy atom. The van der Waals surface area contributed by atoms with Gasteiger partial charge in [0.15, 0.2) is 16.2 Å². The number of aromatic nitrogens is 1. The average Bonchev–Trinajstić information content (AvgIpc) is 2.98. The Morgan fingerprint density at radius 3 is 2.82 bits per heavy atom. The molecule has 0 radical (unpaired) electrons. The first-order valence-corrected chi connectivity index (χ1v) is 7.54. The number of ether oxygens (including phenoxy) is 1. The molecule has 0 amide bonds. The minimum absolute atomic E-state index is 0.0850. The van der Waals surface area contributed by atoms with E-state index in [2.05, 4.69) is 4.98 Å². The maximum atomic E-state index is 12.3. The van der Waals surface area contributed by atoms with Crippen LogP contribution in [0, 0.1) is 0 Å². The lowest BCUT2D eigenvalue weighted by Gasteiger charge is -2.03. The highest BCUT2D eigenvalue weighted by atomic mass is 32.1. The molecule has 4 aromatic rings. The van der Waals surface area contributed by atoms with Gasteiger partial charge in [-0.15, -0.1) is 11.3 Å². The second-order valence-corrected chi connectivity index (χ2v) is 5.85. The van der Waals surface area contributed by atoms with Crippen LogP contribution in [0.4, 0.5) is 0 Å². The highest BCUT2D eigenvalue weighted by Gasteiger charge is 2.12. The Bertz CT molecular complexity index is 1020. The van der Waals surface area contributed by atoms with Gasteiger partial charge in [-0.05, 0) is 24.3 Å². The summed E-state index contributed by atoms with van der Waals surface area (Å²) in [6.45, 7) is 0. The standard InChI is InChI=1S/C17H11NO3S/c1-20-10-6-7-11-13(19)9-15(21-14(11)8-10)17-18-12-4-2-3-5-16(12)22-17/h2-9H,1H3.